The Bertz CT molecular complexity index is 1220. The number of ether oxygens (including phenoxy) is 1. The highest BCUT2D eigenvalue weighted by Crippen LogP contribution is 2.14. The first-order valence-electron chi connectivity index (χ1n) is 10.2. The highest BCUT2D eigenvalue weighted by atomic mass is 16.5. The number of carbonyl (C=O) groups excluding carboxylic acids is 1. The number of benzene rings is 2. The van der Waals surface area contributed by atoms with Gasteiger partial charge in [-0.15, -0.1) is 0 Å². The van der Waals surface area contributed by atoms with Gasteiger partial charge in [0, 0.05) is 13.1 Å². The lowest BCUT2D eigenvalue weighted by molar-refractivity contribution is 0.0781. The molecule has 8 nitrogen and oxygen atoms in total. The molecule has 1 saturated heterocycles. The van der Waals surface area contributed by atoms with E-state index in [0.29, 0.717) is 24.5 Å². The lowest BCUT2D eigenvalue weighted by Gasteiger charge is -2.17. The second-order valence-corrected chi connectivity index (χ2v) is 7.62. The fourth-order valence-electron chi connectivity index (χ4n) is 3.74. The Morgan fingerprint density at radius 3 is 2.42 bits per heavy atom. The molecule has 1 aliphatic rings. The van der Waals surface area contributed by atoms with Crippen LogP contribution in [0.5, 0.6) is 5.75 Å². The van der Waals surface area contributed by atoms with E-state index in [4.69, 9.17) is 4.74 Å². The maximum absolute atomic E-state index is 13.2. The molecule has 1 fully saturated rings. The average Bonchev–Trinajstić information content (AvgIpc) is 3.32. The van der Waals surface area contributed by atoms with Crippen LogP contribution in [0.15, 0.2) is 58.1 Å². The maximum atomic E-state index is 13.2. The van der Waals surface area contributed by atoms with Gasteiger partial charge in [-0.2, -0.15) is 9.78 Å². The van der Waals surface area contributed by atoms with Crippen molar-refractivity contribution in [2.45, 2.75) is 26.3 Å². The molecule has 0 radical (unpaired) electrons. The van der Waals surface area contributed by atoms with Crippen LogP contribution in [0.1, 0.15) is 34.5 Å². The molecule has 0 bridgehead atoms. The third kappa shape index (κ3) is 4.14. The summed E-state index contributed by atoms with van der Waals surface area (Å²) < 4.78 is 7.36. The summed E-state index contributed by atoms with van der Waals surface area (Å²) in [7, 11) is 1.55. The summed E-state index contributed by atoms with van der Waals surface area (Å²) in [5.41, 5.74) is 0.738. The third-order valence-electron chi connectivity index (χ3n) is 5.40. The first-order chi connectivity index (χ1) is 15.0. The molecule has 31 heavy (non-hydrogen) atoms. The van der Waals surface area contributed by atoms with Crippen molar-refractivity contribution in [2.75, 3.05) is 20.2 Å². The lowest BCUT2D eigenvalue weighted by atomic mass is 10.1. The van der Waals surface area contributed by atoms with E-state index in [-0.39, 0.29) is 12.2 Å². The minimum Gasteiger partial charge on any atom is -0.497 e. The topological polar surface area (TPSA) is 86.4 Å². The lowest BCUT2D eigenvalue weighted by Crippen LogP contribution is -2.46. The van der Waals surface area contributed by atoms with E-state index in [1.165, 1.54) is 0 Å². The highest BCUT2D eigenvalue weighted by Gasteiger charge is 2.26. The molecule has 2 aromatic carbocycles. The quantitative estimate of drug-likeness (QED) is 0.630. The Labute approximate surface area is 179 Å². The Kier molecular flexibility index (Phi) is 5.70. The number of nitrogens with zero attached hydrogens (tertiary/aromatic N) is 4. The summed E-state index contributed by atoms with van der Waals surface area (Å²) in [5.74, 6) is 0.181. The molecule has 0 spiro atoms. The van der Waals surface area contributed by atoms with Crippen LogP contribution in [0.25, 0.3) is 5.69 Å². The Hall–Kier alpha value is -3.68. The van der Waals surface area contributed by atoms with E-state index in [9.17, 15) is 14.4 Å². The zero-order chi connectivity index (χ0) is 22.0. The number of carbonyl (C=O) groups is 1. The van der Waals surface area contributed by atoms with Gasteiger partial charge in [-0.1, -0.05) is 29.8 Å². The zero-order valence-corrected chi connectivity index (χ0v) is 17.6. The first kappa shape index (κ1) is 20.6. The molecule has 0 N–H and O–H groups in total. The number of aryl methyl sites for hydroxylation is 1. The number of amides is 1. The fourth-order valence-corrected chi connectivity index (χ4v) is 3.74. The van der Waals surface area contributed by atoms with Crippen molar-refractivity contribution in [3.63, 3.8) is 0 Å². The molecule has 0 atom stereocenters. The molecule has 1 aliphatic heterocycles. The Morgan fingerprint density at radius 1 is 1.06 bits per heavy atom. The van der Waals surface area contributed by atoms with E-state index < -0.39 is 17.2 Å². The maximum Gasteiger partial charge on any atom is 0.352 e. The van der Waals surface area contributed by atoms with Crippen LogP contribution >= 0.6 is 0 Å². The van der Waals surface area contributed by atoms with E-state index in [0.717, 1.165) is 33.2 Å². The van der Waals surface area contributed by atoms with Gasteiger partial charge in [0.25, 0.3) is 11.5 Å². The van der Waals surface area contributed by atoms with Crippen molar-refractivity contribution >= 4 is 5.91 Å². The number of methoxy groups -OCH3 is 1. The number of hydrogen-bond donors (Lipinski definition) is 0. The van der Waals surface area contributed by atoms with E-state index in [1.54, 1.807) is 36.3 Å². The van der Waals surface area contributed by atoms with Gasteiger partial charge in [-0.25, -0.2) is 4.79 Å². The molecule has 160 valence electrons. The van der Waals surface area contributed by atoms with Crippen molar-refractivity contribution in [3.05, 3.63) is 86.2 Å². The van der Waals surface area contributed by atoms with Gasteiger partial charge in [0.1, 0.15) is 5.75 Å². The van der Waals surface area contributed by atoms with Crippen molar-refractivity contribution in [1.29, 1.82) is 0 Å². The predicted molar refractivity (Wildman–Crippen MR) is 116 cm³/mol. The molecular weight excluding hydrogens is 396 g/mol. The van der Waals surface area contributed by atoms with Crippen molar-refractivity contribution in [1.82, 2.24) is 19.2 Å². The van der Waals surface area contributed by atoms with Crippen LogP contribution < -0.4 is 16.0 Å². The summed E-state index contributed by atoms with van der Waals surface area (Å²) in [5, 5.41) is 4.20. The molecule has 0 aliphatic carbocycles. The van der Waals surface area contributed by atoms with Crippen molar-refractivity contribution in [3.8, 4) is 11.4 Å². The van der Waals surface area contributed by atoms with Gasteiger partial charge < -0.3 is 9.64 Å². The van der Waals surface area contributed by atoms with Gasteiger partial charge in [0.2, 0.25) is 5.69 Å². The van der Waals surface area contributed by atoms with E-state index in [2.05, 4.69) is 5.10 Å². The van der Waals surface area contributed by atoms with Crippen molar-refractivity contribution < 1.29 is 9.53 Å². The second-order valence-electron chi connectivity index (χ2n) is 7.62. The predicted octanol–water partition coefficient (Wildman–Crippen LogP) is 2.00. The summed E-state index contributed by atoms with van der Waals surface area (Å²) in [6, 6.07) is 14.3. The molecule has 1 aromatic heterocycles. The minimum atomic E-state index is -0.673. The van der Waals surface area contributed by atoms with Crippen molar-refractivity contribution in [2.24, 2.45) is 0 Å². The van der Waals surface area contributed by atoms with Gasteiger partial charge in [-0.05, 0) is 49.6 Å². The van der Waals surface area contributed by atoms with Gasteiger partial charge in [0.15, 0.2) is 0 Å². The zero-order valence-electron chi connectivity index (χ0n) is 17.6. The number of likely N-dealkylation sites (tertiary alicyclic amines) is 1. The number of hydrogen-bond acceptors (Lipinski definition) is 5. The molecule has 8 heteroatoms. The molecule has 0 saturated carbocycles. The van der Waals surface area contributed by atoms with Crippen LogP contribution in [0.2, 0.25) is 0 Å². The van der Waals surface area contributed by atoms with Crippen LogP contribution in [0, 0.1) is 6.92 Å². The number of rotatable bonds is 5. The summed E-state index contributed by atoms with van der Waals surface area (Å²) in [6.45, 7) is 3.16. The SMILES string of the molecule is COc1ccc(-n2nc(C(=O)N3CCCC3)c(=O)n(Cc3cccc(C)c3)c2=O)cc1. The number of aromatic nitrogens is 3. The summed E-state index contributed by atoms with van der Waals surface area (Å²) in [6.07, 6.45) is 1.78. The molecule has 2 heterocycles. The normalized spacial score (nSPS) is 13.4. The van der Waals surface area contributed by atoms with Gasteiger partial charge in [-0.3, -0.25) is 14.2 Å². The molecule has 3 aromatic rings. The first-order valence-corrected chi connectivity index (χ1v) is 10.2. The summed E-state index contributed by atoms with van der Waals surface area (Å²) in [4.78, 5) is 41.1. The third-order valence-corrected chi connectivity index (χ3v) is 5.40. The molecule has 1 amide bonds. The highest BCUT2D eigenvalue weighted by molar-refractivity contribution is 5.92. The molecular formula is C23H24N4O4. The Morgan fingerprint density at radius 2 is 1.77 bits per heavy atom. The van der Waals surface area contributed by atoms with Crippen LogP contribution in [0.3, 0.4) is 0 Å². The summed E-state index contributed by atoms with van der Waals surface area (Å²) >= 11 is 0. The Balaban J connectivity index is 1.87. The van der Waals surface area contributed by atoms with Gasteiger partial charge in [0.05, 0.1) is 19.3 Å². The van der Waals surface area contributed by atoms with Crippen LogP contribution in [-0.2, 0) is 6.54 Å². The standard InChI is InChI=1S/C23H24N4O4/c1-16-6-5-7-17(14-16)15-26-22(29)20(21(28)25-12-3-4-13-25)24-27(23(26)30)18-8-10-19(31-2)11-9-18/h5-11,14H,3-4,12-13,15H2,1-2H3. The fraction of sp³-hybridized carbons (Fsp3) is 0.304. The monoisotopic (exact) mass is 420 g/mol. The van der Waals surface area contributed by atoms with Crippen LogP contribution in [0.4, 0.5) is 0 Å². The second kappa shape index (κ2) is 8.59. The molecule has 0 unspecified atom stereocenters. The largest absolute Gasteiger partial charge is 0.497 e. The minimum absolute atomic E-state index is 0.0539. The molecule has 4 rings (SSSR count). The average molecular weight is 420 g/mol. The van der Waals surface area contributed by atoms with E-state index >= 15 is 0 Å². The van der Waals surface area contributed by atoms with E-state index in [1.807, 2.05) is 31.2 Å². The van der Waals surface area contributed by atoms with Gasteiger partial charge >= 0.3 is 5.69 Å². The smallest absolute Gasteiger partial charge is 0.352 e. The van der Waals surface area contributed by atoms with Crippen LogP contribution in [-0.4, -0.2) is 45.4 Å².